The van der Waals surface area contributed by atoms with Gasteiger partial charge in [0.05, 0.1) is 6.04 Å². The van der Waals surface area contributed by atoms with Gasteiger partial charge in [-0.05, 0) is 19.1 Å². The Morgan fingerprint density at radius 1 is 1.40 bits per heavy atom. The van der Waals surface area contributed by atoms with Crippen LogP contribution in [0, 0.1) is 12.3 Å². The molecule has 0 amide bonds. The first-order valence-corrected chi connectivity index (χ1v) is 4.07. The van der Waals surface area contributed by atoms with Crippen molar-refractivity contribution in [3.63, 3.8) is 0 Å². The fourth-order valence-electron chi connectivity index (χ4n) is 0.824. The van der Waals surface area contributed by atoms with Crippen LogP contribution in [0.1, 0.15) is 12.6 Å². The van der Waals surface area contributed by atoms with Crippen molar-refractivity contribution in [2.45, 2.75) is 19.1 Å². The van der Waals surface area contributed by atoms with E-state index in [2.05, 4.69) is 21.4 Å². The van der Waals surface area contributed by atoms with Gasteiger partial charge < -0.3 is 5.32 Å². The molecule has 0 bridgehead atoms. The highest BCUT2D eigenvalue weighted by Crippen LogP contribution is 2.27. The van der Waals surface area contributed by atoms with Gasteiger partial charge in [0.15, 0.2) is 5.69 Å². The Kier molecular flexibility index (Phi) is 3.14. The van der Waals surface area contributed by atoms with Gasteiger partial charge in [0.1, 0.15) is 5.82 Å². The highest BCUT2D eigenvalue weighted by atomic mass is 19.4. The lowest BCUT2D eigenvalue weighted by Gasteiger charge is -2.08. The molecule has 6 heteroatoms. The second-order valence-electron chi connectivity index (χ2n) is 2.83. The van der Waals surface area contributed by atoms with E-state index in [1.165, 1.54) is 6.07 Å². The number of hydrogen-bond acceptors (Lipinski definition) is 3. The molecule has 0 saturated heterocycles. The Bertz CT molecular complexity index is 364. The van der Waals surface area contributed by atoms with Crippen LogP contribution in [0.15, 0.2) is 12.1 Å². The summed E-state index contributed by atoms with van der Waals surface area (Å²) < 4.78 is 36.3. The molecule has 0 fully saturated rings. The summed E-state index contributed by atoms with van der Waals surface area (Å²) in [6.45, 7) is 1.68. The van der Waals surface area contributed by atoms with Crippen LogP contribution in [-0.4, -0.2) is 16.2 Å². The average molecular weight is 215 g/mol. The van der Waals surface area contributed by atoms with Gasteiger partial charge in [0.25, 0.3) is 0 Å². The largest absolute Gasteiger partial charge is 0.435 e. The molecule has 80 valence electrons. The molecule has 0 aliphatic heterocycles. The third kappa shape index (κ3) is 3.13. The molecule has 0 aromatic carbocycles. The maximum Gasteiger partial charge on any atom is 0.435 e. The Morgan fingerprint density at radius 2 is 2.07 bits per heavy atom. The summed E-state index contributed by atoms with van der Waals surface area (Å²) in [5.74, 6) is 2.57. The van der Waals surface area contributed by atoms with E-state index in [0.29, 0.717) is 0 Å². The zero-order chi connectivity index (χ0) is 11.5. The van der Waals surface area contributed by atoms with Crippen LogP contribution in [0.25, 0.3) is 0 Å². The van der Waals surface area contributed by atoms with E-state index in [1.807, 2.05) is 0 Å². The van der Waals surface area contributed by atoms with Crippen molar-refractivity contribution in [3.8, 4) is 12.3 Å². The number of nitrogens with zero attached hydrogens (tertiary/aromatic N) is 2. The molecule has 0 aliphatic rings. The van der Waals surface area contributed by atoms with E-state index >= 15 is 0 Å². The number of rotatable bonds is 2. The van der Waals surface area contributed by atoms with Crippen molar-refractivity contribution in [2.75, 3.05) is 5.32 Å². The normalized spacial score (nSPS) is 13.0. The van der Waals surface area contributed by atoms with E-state index in [-0.39, 0.29) is 11.9 Å². The number of alkyl halides is 3. The molecule has 1 aromatic rings. The van der Waals surface area contributed by atoms with Crippen LogP contribution >= 0.6 is 0 Å². The summed E-state index contributed by atoms with van der Waals surface area (Å²) >= 11 is 0. The lowest BCUT2D eigenvalue weighted by molar-refractivity contribution is -0.141. The quantitative estimate of drug-likeness (QED) is 0.766. The predicted molar refractivity (Wildman–Crippen MR) is 49.0 cm³/mol. The molecule has 0 spiro atoms. The van der Waals surface area contributed by atoms with E-state index < -0.39 is 11.9 Å². The summed E-state index contributed by atoms with van der Waals surface area (Å²) in [5, 5.41) is 9.08. The Labute approximate surface area is 84.7 Å². The first-order chi connectivity index (χ1) is 6.93. The smallest absolute Gasteiger partial charge is 0.355 e. The van der Waals surface area contributed by atoms with E-state index in [4.69, 9.17) is 6.42 Å². The molecular formula is C9H8F3N3. The molecule has 0 aliphatic carbocycles. The van der Waals surface area contributed by atoms with Gasteiger partial charge in [0.2, 0.25) is 0 Å². The minimum absolute atomic E-state index is 0.216. The van der Waals surface area contributed by atoms with Gasteiger partial charge in [-0.3, -0.25) is 0 Å². The lowest BCUT2D eigenvalue weighted by atomic mass is 10.3. The first-order valence-electron chi connectivity index (χ1n) is 4.07. The molecule has 1 aromatic heterocycles. The standard InChI is InChI=1S/C9H8F3N3/c1-3-6(2)13-8-5-4-7(14-15-8)9(10,11)12/h1,4-6H,2H3,(H,13,15). The molecule has 0 saturated carbocycles. The van der Waals surface area contributed by atoms with Gasteiger partial charge >= 0.3 is 6.18 Å². The molecule has 1 atom stereocenters. The van der Waals surface area contributed by atoms with E-state index in [9.17, 15) is 13.2 Å². The molecule has 3 nitrogen and oxygen atoms in total. The lowest BCUT2D eigenvalue weighted by Crippen LogP contribution is -2.15. The minimum Gasteiger partial charge on any atom is -0.355 e. The average Bonchev–Trinajstić information content (AvgIpc) is 2.17. The highest BCUT2D eigenvalue weighted by molar-refractivity contribution is 5.36. The molecule has 15 heavy (non-hydrogen) atoms. The zero-order valence-corrected chi connectivity index (χ0v) is 7.84. The van der Waals surface area contributed by atoms with Gasteiger partial charge in [-0.2, -0.15) is 13.2 Å². The molecule has 1 unspecified atom stereocenters. The van der Waals surface area contributed by atoms with Crippen LogP contribution in [0.4, 0.5) is 19.0 Å². The van der Waals surface area contributed by atoms with Crippen molar-refractivity contribution < 1.29 is 13.2 Å². The van der Waals surface area contributed by atoms with Crippen LogP contribution in [0.5, 0.6) is 0 Å². The Hall–Kier alpha value is -1.77. The molecule has 1 rings (SSSR count). The number of terminal acetylenes is 1. The van der Waals surface area contributed by atoms with Crippen LogP contribution < -0.4 is 5.32 Å². The number of hydrogen-bond donors (Lipinski definition) is 1. The number of anilines is 1. The molecule has 0 radical (unpaired) electrons. The van der Waals surface area contributed by atoms with Crippen LogP contribution in [0.3, 0.4) is 0 Å². The van der Waals surface area contributed by atoms with Crippen LogP contribution in [0.2, 0.25) is 0 Å². The number of nitrogens with one attached hydrogen (secondary N) is 1. The predicted octanol–water partition coefficient (Wildman–Crippen LogP) is 1.93. The van der Waals surface area contributed by atoms with Gasteiger partial charge in [-0.15, -0.1) is 16.6 Å². The third-order valence-corrected chi connectivity index (χ3v) is 1.57. The maximum atomic E-state index is 12.1. The van der Waals surface area contributed by atoms with Crippen molar-refractivity contribution in [1.82, 2.24) is 10.2 Å². The molecule has 1 heterocycles. The van der Waals surface area contributed by atoms with Crippen molar-refractivity contribution in [1.29, 1.82) is 0 Å². The van der Waals surface area contributed by atoms with Gasteiger partial charge in [0, 0.05) is 0 Å². The second-order valence-corrected chi connectivity index (χ2v) is 2.83. The maximum absolute atomic E-state index is 12.1. The van der Waals surface area contributed by atoms with Gasteiger partial charge in [-0.1, -0.05) is 5.92 Å². The molecular weight excluding hydrogens is 207 g/mol. The summed E-state index contributed by atoms with van der Waals surface area (Å²) in [4.78, 5) is 0. The summed E-state index contributed by atoms with van der Waals surface area (Å²) in [6.07, 6.45) is 0.609. The fraction of sp³-hybridized carbons (Fsp3) is 0.333. The molecule has 1 N–H and O–H groups in total. The van der Waals surface area contributed by atoms with Crippen LogP contribution in [-0.2, 0) is 6.18 Å². The van der Waals surface area contributed by atoms with Crippen molar-refractivity contribution in [2.24, 2.45) is 0 Å². The highest BCUT2D eigenvalue weighted by Gasteiger charge is 2.32. The third-order valence-electron chi connectivity index (χ3n) is 1.57. The Morgan fingerprint density at radius 3 is 2.47 bits per heavy atom. The summed E-state index contributed by atoms with van der Waals surface area (Å²) in [5.41, 5.74) is -1.03. The summed E-state index contributed by atoms with van der Waals surface area (Å²) in [6, 6.07) is 1.72. The Balaban J connectivity index is 2.78. The topological polar surface area (TPSA) is 37.8 Å². The number of halogens is 3. The van der Waals surface area contributed by atoms with Crippen molar-refractivity contribution >= 4 is 5.82 Å². The van der Waals surface area contributed by atoms with Gasteiger partial charge in [-0.25, -0.2) is 0 Å². The summed E-state index contributed by atoms with van der Waals surface area (Å²) in [7, 11) is 0. The minimum atomic E-state index is -4.47. The van der Waals surface area contributed by atoms with Crippen molar-refractivity contribution in [3.05, 3.63) is 17.8 Å². The fourth-order valence-corrected chi connectivity index (χ4v) is 0.824. The first kappa shape index (κ1) is 11.3. The monoisotopic (exact) mass is 215 g/mol. The second kappa shape index (κ2) is 4.17. The van der Waals surface area contributed by atoms with E-state index in [0.717, 1.165) is 6.07 Å². The number of aromatic nitrogens is 2. The zero-order valence-electron chi connectivity index (χ0n) is 7.84. The van der Waals surface area contributed by atoms with E-state index in [1.54, 1.807) is 6.92 Å². The SMILES string of the molecule is C#CC(C)Nc1ccc(C(F)(F)F)nn1.